The highest BCUT2D eigenvalue weighted by molar-refractivity contribution is 6.66. The Hall–Kier alpha value is -1.65. The molecule has 0 heterocycles. The van der Waals surface area contributed by atoms with Crippen molar-refractivity contribution in [2.45, 2.75) is 0 Å². The zero-order valence-electron chi connectivity index (χ0n) is 9.82. The van der Waals surface area contributed by atoms with Gasteiger partial charge in [-0.25, -0.2) is 0 Å². The van der Waals surface area contributed by atoms with Crippen LogP contribution in [0.1, 0.15) is 0 Å². The molecule has 0 aromatic carbocycles. The van der Waals surface area contributed by atoms with Crippen molar-refractivity contribution >= 4 is 22.8 Å². The molecule has 0 aromatic heterocycles. The number of hydrogen-bond donors (Lipinski definition) is 2. The Balaban J connectivity index is -0.000000188. The average Bonchev–Trinajstić information content (AvgIpc) is 2.36. The second kappa shape index (κ2) is 19.9. The highest BCUT2D eigenvalue weighted by Crippen LogP contribution is 1.74. The predicted octanol–water partition coefficient (Wildman–Crippen LogP) is 1.54. The van der Waals surface area contributed by atoms with Crippen molar-refractivity contribution < 1.29 is 9.59 Å². The number of rotatable bonds is 5. The number of carbonyl (C=O) groups excluding carboxylic acids is 2. The number of carbonyl (C=O) groups is 2. The molecule has 17 heavy (non-hydrogen) atoms. The maximum absolute atomic E-state index is 10.3. The Morgan fingerprint density at radius 1 is 1.12 bits per heavy atom. The molecule has 0 spiro atoms. The monoisotopic (exact) mass is 258 g/mol. The molecular formula is C12H19ClN2O2. The van der Waals surface area contributed by atoms with Crippen molar-refractivity contribution in [1.82, 2.24) is 5.32 Å². The van der Waals surface area contributed by atoms with Crippen LogP contribution >= 0.6 is 11.6 Å². The molecule has 0 aliphatic rings. The second-order valence-electron chi connectivity index (χ2n) is 2.27. The summed E-state index contributed by atoms with van der Waals surface area (Å²) in [6, 6.07) is 0. The standard InChI is InChI=1S/C6H9NO.C3H3ClO.C3H7N/c1-3-5-7-6(8)4-2;1-2-3(4)5;1-2-3-4/h3-4H,1-2,5H2,(H,7,8);2H,1H2;2H,1,3-4H2. The number of amides is 1. The van der Waals surface area contributed by atoms with Crippen LogP contribution < -0.4 is 11.1 Å². The fourth-order valence-electron chi connectivity index (χ4n) is 0.245. The average molecular weight is 259 g/mol. The maximum Gasteiger partial charge on any atom is 0.244 e. The van der Waals surface area contributed by atoms with Crippen LogP contribution in [-0.2, 0) is 9.59 Å². The van der Waals surface area contributed by atoms with Crippen molar-refractivity contribution in [3.8, 4) is 0 Å². The molecule has 0 saturated heterocycles. The quantitative estimate of drug-likeness (QED) is 0.446. The SMILES string of the molecule is C=CC(=O)Cl.C=CCN.C=CCNC(=O)C=C. The van der Waals surface area contributed by atoms with Gasteiger partial charge in [-0.2, -0.15) is 0 Å². The van der Waals surface area contributed by atoms with E-state index in [0.717, 1.165) is 6.08 Å². The Morgan fingerprint density at radius 3 is 1.71 bits per heavy atom. The van der Waals surface area contributed by atoms with Crippen LogP contribution in [0, 0.1) is 0 Å². The first-order valence-electron chi connectivity index (χ1n) is 4.64. The summed E-state index contributed by atoms with van der Waals surface area (Å²) in [5.41, 5.74) is 4.91. The summed E-state index contributed by atoms with van der Waals surface area (Å²) in [6.45, 7) is 14.2. The first-order valence-corrected chi connectivity index (χ1v) is 5.01. The van der Waals surface area contributed by atoms with Crippen LogP contribution in [0.4, 0.5) is 0 Å². The van der Waals surface area contributed by atoms with Gasteiger partial charge in [0.05, 0.1) is 0 Å². The van der Waals surface area contributed by atoms with Gasteiger partial charge in [-0.15, -0.1) is 13.2 Å². The minimum absolute atomic E-state index is 0.162. The van der Waals surface area contributed by atoms with Gasteiger partial charge in [-0.1, -0.05) is 25.3 Å². The molecule has 96 valence electrons. The van der Waals surface area contributed by atoms with Gasteiger partial charge in [-0.3, -0.25) is 9.59 Å². The lowest BCUT2D eigenvalue weighted by atomic mass is 10.5. The molecule has 0 radical (unpaired) electrons. The molecule has 0 saturated carbocycles. The van der Waals surface area contributed by atoms with E-state index in [4.69, 9.17) is 17.3 Å². The van der Waals surface area contributed by atoms with E-state index in [-0.39, 0.29) is 5.91 Å². The molecule has 3 N–H and O–H groups in total. The van der Waals surface area contributed by atoms with E-state index >= 15 is 0 Å². The Kier molecular flexibility index (Phi) is 24.2. The normalized spacial score (nSPS) is 6.94. The van der Waals surface area contributed by atoms with Gasteiger partial charge in [0.2, 0.25) is 11.1 Å². The summed E-state index contributed by atoms with van der Waals surface area (Å²) < 4.78 is 0. The molecule has 5 heteroatoms. The summed E-state index contributed by atoms with van der Waals surface area (Å²) in [5.74, 6) is -0.162. The van der Waals surface area contributed by atoms with Crippen LogP contribution in [0.5, 0.6) is 0 Å². The summed E-state index contributed by atoms with van der Waals surface area (Å²) >= 11 is 4.71. The molecule has 0 rings (SSSR count). The van der Waals surface area contributed by atoms with E-state index in [1.165, 1.54) is 6.08 Å². The number of allylic oxidation sites excluding steroid dienone is 1. The van der Waals surface area contributed by atoms with Crippen molar-refractivity contribution in [2.75, 3.05) is 13.1 Å². The highest BCUT2D eigenvalue weighted by Gasteiger charge is 1.85. The van der Waals surface area contributed by atoms with E-state index in [1.54, 1.807) is 12.2 Å². The summed E-state index contributed by atoms with van der Waals surface area (Å²) in [4.78, 5) is 19.8. The van der Waals surface area contributed by atoms with Gasteiger partial charge < -0.3 is 11.1 Å². The van der Waals surface area contributed by atoms with Crippen LogP contribution in [0.25, 0.3) is 0 Å². The zero-order chi connectivity index (χ0) is 14.1. The van der Waals surface area contributed by atoms with E-state index in [0.29, 0.717) is 13.1 Å². The van der Waals surface area contributed by atoms with Crippen LogP contribution in [0.2, 0.25) is 0 Å². The fraction of sp³-hybridized carbons (Fsp3) is 0.167. The highest BCUT2D eigenvalue weighted by atomic mass is 35.5. The number of hydrogen-bond acceptors (Lipinski definition) is 3. The van der Waals surface area contributed by atoms with Crippen molar-refractivity contribution in [3.05, 3.63) is 50.6 Å². The summed E-state index contributed by atoms with van der Waals surface area (Å²) in [7, 11) is 0. The molecule has 0 bridgehead atoms. The van der Waals surface area contributed by atoms with Crippen LogP contribution in [0.3, 0.4) is 0 Å². The fourth-order valence-corrected chi connectivity index (χ4v) is 0.245. The minimum atomic E-state index is -0.509. The third-order valence-corrected chi connectivity index (χ3v) is 1.09. The lowest BCUT2D eigenvalue weighted by molar-refractivity contribution is -0.116. The zero-order valence-corrected chi connectivity index (χ0v) is 10.6. The topological polar surface area (TPSA) is 72.2 Å². The van der Waals surface area contributed by atoms with E-state index in [2.05, 4.69) is 31.6 Å². The molecule has 0 fully saturated rings. The molecule has 4 nitrogen and oxygen atoms in total. The smallest absolute Gasteiger partial charge is 0.244 e. The molecule has 0 aliphatic heterocycles. The Morgan fingerprint density at radius 2 is 1.53 bits per heavy atom. The van der Waals surface area contributed by atoms with Gasteiger partial charge in [0.15, 0.2) is 0 Å². The number of halogens is 1. The maximum atomic E-state index is 10.3. The molecule has 0 unspecified atom stereocenters. The van der Waals surface area contributed by atoms with Gasteiger partial charge >= 0.3 is 0 Å². The molecule has 0 aromatic rings. The summed E-state index contributed by atoms with van der Waals surface area (Å²) in [5, 5.41) is 2.00. The minimum Gasteiger partial charge on any atom is -0.349 e. The molecule has 1 amide bonds. The van der Waals surface area contributed by atoms with E-state index in [1.807, 2.05) is 0 Å². The Labute approximate surface area is 108 Å². The Bertz CT molecular complexity index is 263. The largest absolute Gasteiger partial charge is 0.349 e. The van der Waals surface area contributed by atoms with Gasteiger partial charge in [0.1, 0.15) is 0 Å². The van der Waals surface area contributed by atoms with E-state index < -0.39 is 5.24 Å². The van der Waals surface area contributed by atoms with Crippen LogP contribution in [-0.4, -0.2) is 24.2 Å². The first-order chi connectivity index (χ1) is 7.99. The third-order valence-electron chi connectivity index (χ3n) is 0.933. The predicted molar refractivity (Wildman–Crippen MR) is 73.7 cm³/mol. The number of nitrogens with one attached hydrogen (secondary N) is 1. The second-order valence-corrected chi connectivity index (χ2v) is 2.64. The van der Waals surface area contributed by atoms with Gasteiger partial charge in [0.25, 0.3) is 0 Å². The third kappa shape index (κ3) is 40.5. The van der Waals surface area contributed by atoms with Gasteiger partial charge in [-0.05, 0) is 23.8 Å². The van der Waals surface area contributed by atoms with E-state index in [9.17, 15) is 9.59 Å². The lowest BCUT2D eigenvalue weighted by Crippen LogP contribution is -2.19. The first kappa shape index (κ1) is 20.7. The van der Waals surface area contributed by atoms with Crippen molar-refractivity contribution in [2.24, 2.45) is 5.73 Å². The lowest BCUT2D eigenvalue weighted by Gasteiger charge is -1.91. The summed E-state index contributed by atoms with van der Waals surface area (Å²) in [6.07, 6.45) is 5.53. The van der Waals surface area contributed by atoms with Crippen molar-refractivity contribution in [3.63, 3.8) is 0 Å². The van der Waals surface area contributed by atoms with Gasteiger partial charge in [0, 0.05) is 13.1 Å². The molecular weight excluding hydrogens is 240 g/mol. The molecule has 0 atom stereocenters. The number of nitrogens with two attached hydrogens (primary N) is 1. The molecule has 0 aliphatic carbocycles. The van der Waals surface area contributed by atoms with Crippen LogP contribution in [0.15, 0.2) is 50.6 Å². The van der Waals surface area contributed by atoms with Crippen molar-refractivity contribution in [1.29, 1.82) is 0 Å².